The van der Waals surface area contributed by atoms with Gasteiger partial charge in [-0.25, -0.2) is 4.79 Å². The summed E-state index contributed by atoms with van der Waals surface area (Å²) >= 11 is 11.8. The van der Waals surface area contributed by atoms with Crippen LogP contribution in [0.3, 0.4) is 0 Å². The molecule has 5 nitrogen and oxygen atoms in total. The van der Waals surface area contributed by atoms with E-state index in [1.807, 2.05) is 19.1 Å². The number of benzene rings is 2. The fraction of sp³-hybridized carbons (Fsp3) is 0.158. The number of anilines is 1. The van der Waals surface area contributed by atoms with Crippen LogP contribution in [0.5, 0.6) is 5.75 Å². The van der Waals surface area contributed by atoms with E-state index in [0.29, 0.717) is 17.3 Å². The van der Waals surface area contributed by atoms with E-state index in [2.05, 4.69) is 5.32 Å². The zero-order chi connectivity index (χ0) is 18.9. The molecule has 136 valence electrons. The lowest BCUT2D eigenvalue weighted by molar-refractivity contribution is -0.142. The largest absolute Gasteiger partial charge is 0.494 e. The van der Waals surface area contributed by atoms with Gasteiger partial charge in [0.15, 0.2) is 6.61 Å². The predicted molar refractivity (Wildman–Crippen MR) is 103 cm³/mol. The van der Waals surface area contributed by atoms with E-state index in [0.717, 1.165) is 11.3 Å². The van der Waals surface area contributed by atoms with Crippen LogP contribution in [0.15, 0.2) is 48.5 Å². The molecular formula is C19H17Cl2NO4. The highest BCUT2D eigenvalue weighted by Crippen LogP contribution is 2.29. The minimum absolute atomic E-state index is 0.226. The Hall–Kier alpha value is -2.50. The normalized spacial score (nSPS) is 10.6. The minimum atomic E-state index is -0.633. The first-order chi connectivity index (χ1) is 12.5. The van der Waals surface area contributed by atoms with Crippen LogP contribution in [-0.4, -0.2) is 25.1 Å². The van der Waals surface area contributed by atoms with E-state index >= 15 is 0 Å². The van der Waals surface area contributed by atoms with Crippen LogP contribution in [0.4, 0.5) is 5.69 Å². The van der Waals surface area contributed by atoms with Crippen LogP contribution in [0, 0.1) is 0 Å². The van der Waals surface area contributed by atoms with E-state index in [4.69, 9.17) is 32.7 Å². The molecule has 7 heteroatoms. The summed E-state index contributed by atoms with van der Waals surface area (Å²) in [5, 5.41) is 3.07. The number of carbonyl (C=O) groups excluding carboxylic acids is 2. The molecule has 1 N–H and O–H groups in total. The molecule has 0 radical (unpaired) electrons. The molecule has 0 spiro atoms. The highest BCUT2D eigenvalue weighted by atomic mass is 35.5. The Morgan fingerprint density at radius 3 is 2.54 bits per heavy atom. The van der Waals surface area contributed by atoms with E-state index in [1.165, 1.54) is 6.08 Å². The molecule has 0 heterocycles. The van der Waals surface area contributed by atoms with Gasteiger partial charge < -0.3 is 14.8 Å². The van der Waals surface area contributed by atoms with Crippen LogP contribution in [0.25, 0.3) is 6.08 Å². The Morgan fingerprint density at radius 2 is 1.85 bits per heavy atom. The van der Waals surface area contributed by atoms with Crippen molar-refractivity contribution in [1.82, 2.24) is 0 Å². The maximum Gasteiger partial charge on any atom is 0.331 e. The lowest BCUT2D eigenvalue weighted by atomic mass is 10.2. The van der Waals surface area contributed by atoms with Crippen molar-refractivity contribution in [2.24, 2.45) is 0 Å². The van der Waals surface area contributed by atoms with Gasteiger partial charge in [0.05, 0.1) is 22.3 Å². The number of ether oxygens (including phenoxy) is 2. The van der Waals surface area contributed by atoms with Gasteiger partial charge in [0, 0.05) is 6.08 Å². The average molecular weight is 394 g/mol. The summed E-state index contributed by atoms with van der Waals surface area (Å²) in [5.74, 6) is -0.396. The molecule has 2 rings (SSSR count). The van der Waals surface area contributed by atoms with Crippen LogP contribution >= 0.6 is 23.2 Å². The van der Waals surface area contributed by atoms with Crippen LogP contribution in [0.2, 0.25) is 10.0 Å². The number of amides is 1. The van der Waals surface area contributed by atoms with Gasteiger partial charge in [-0.15, -0.1) is 0 Å². The molecule has 0 aliphatic rings. The third-order valence-electron chi connectivity index (χ3n) is 3.17. The molecule has 0 aliphatic carbocycles. The van der Waals surface area contributed by atoms with Gasteiger partial charge in [-0.05, 0) is 42.8 Å². The highest BCUT2D eigenvalue weighted by Gasteiger charge is 2.09. The summed E-state index contributed by atoms with van der Waals surface area (Å²) in [4.78, 5) is 23.5. The summed E-state index contributed by atoms with van der Waals surface area (Å²) in [5.41, 5.74) is 1.16. The number of hydrogen-bond donors (Lipinski definition) is 1. The zero-order valence-corrected chi connectivity index (χ0v) is 15.5. The third kappa shape index (κ3) is 6.10. The van der Waals surface area contributed by atoms with Crippen LogP contribution in [0.1, 0.15) is 12.5 Å². The van der Waals surface area contributed by atoms with Crippen molar-refractivity contribution >= 4 is 46.8 Å². The van der Waals surface area contributed by atoms with Crippen molar-refractivity contribution in [2.45, 2.75) is 6.92 Å². The molecule has 0 unspecified atom stereocenters. The number of carbonyl (C=O) groups is 2. The van der Waals surface area contributed by atoms with Crippen molar-refractivity contribution in [3.63, 3.8) is 0 Å². The third-order valence-corrected chi connectivity index (χ3v) is 3.99. The summed E-state index contributed by atoms with van der Waals surface area (Å²) in [7, 11) is 0. The second-order valence-corrected chi connectivity index (χ2v) is 5.88. The lowest BCUT2D eigenvalue weighted by Gasteiger charge is -2.08. The van der Waals surface area contributed by atoms with Gasteiger partial charge in [-0.1, -0.05) is 41.4 Å². The van der Waals surface area contributed by atoms with E-state index in [9.17, 15) is 9.59 Å². The quantitative estimate of drug-likeness (QED) is 0.551. The summed E-state index contributed by atoms with van der Waals surface area (Å²) < 4.78 is 10.2. The van der Waals surface area contributed by atoms with Crippen molar-refractivity contribution in [2.75, 3.05) is 18.5 Å². The Kier molecular flexibility index (Phi) is 7.51. The molecule has 0 bridgehead atoms. The van der Waals surface area contributed by atoms with Crippen LogP contribution < -0.4 is 10.1 Å². The average Bonchev–Trinajstić information content (AvgIpc) is 2.63. The maximum atomic E-state index is 11.8. The fourth-order valence-corrected chi connectivity index (χ4v) is 2.33. The van der Waals surface area contributed by atoms with Gasteiger partial charge >= 0.3 is 5.97 Å². The molecule has 1 amide bonds. The topological polar surface area (TPSA) is 64.6 Å². The first kappa shape index (κ1) is 19.8. The van der Waals surface area contributed by atoms with E-state index in [1.54, 1.807) is 36.4 Å². The SMILES string of the molecule is CCOc1ccc(/C=C/C(=O)OCC(=O)Nc2cccc(Cl)c2Cl)cc1. The second-order valence-electron chi connectivity index (χ2n) is 5.09. The molecule has 26 heavy (non-hydrogen) atoms. The number of halogens is 2. The molecule has 2 aromatic carbocycles. The molecule has 0 saturated carbocycles. The first-order valence-electron chi connectivity index (χ1n) is 7.81. The Morgan fingerprint density at radius 1 is 1.12 bits per heavy atom. The molecular weight excluding hydrogens is 377 g/mol. The van der Waals surface area contributed by atoms with Gasteiger partial charge in [0.1, 0.15) is 5.75 Å². The van der Waals surface area contributed by atoms with Crippen molar-refractivity contribution < 1.29 is 19.1 Å². The monoisotopic (exact) mass is 393 g/mol. The smallest absolute Gasteiger partial charge is 0.331 e. The van der Waals surface area contributed by atoms with Crippen molar-refractivity contribution in [3.8, 4) is 5.75 Å². The number of hydrogen-bond acceptors (Lipinski definition) is 4. The Bertz CT molecular complexity index is 804. The predicted octanol–water partition coefficient (Wildman–Crippen LogP) is 4.59. The van der Waals surface area contributed by atoms with Gasteiger partial charge in [0.2, 0.25) is 0 Å². The van der Waals surface area contributed by atoms with Gasteiger partial charge in [-0.3, -0.25) is 4.79 Å². The summed E-state index contributed by atoms with van der Waals surface area (Å²) in [6, 6.07) is 12.1. The van der Waals surface area contributed by atoms with Crippen molar-refractivity contribution in [3.05, 3.63) is 64.1 Å². The number of nitrogens with one attached hydrogen (secondary N) is 1. The van der Waals surface area contributed by atoms with E-state index < -0.39 is 18.5 Å². The van der Waals surface area contributed by atoms with Crippen LogP contribution in [-0.2, 0) is 14.3 Å². The molecule has 2 aromatic rings. The molecule has 0 aliphatic heterocycles. The summed E-state index contributed by atoms with van der Waals surface area (Å²) in [6.45, 7) is 2.06. The minimum Gasteiger partial charge on any atom is -0.494 e. The lowest BCUT2D eigenvalue weighted by Crippen LogP contribution is -2.20. The van der Waals surface area contributed by atoms with Gasteiger partial charge in [0.25, 0.3) is 5.91 Å². The second kappa shape index (κ2) is 9.85. The van der Waals surface area contributed by atoms with E-state index in [-0.39, 0.29) is 5.02 Å². The molecule has 0 atom stereocenters. The Balaban J connectivity index is 1.82. The maximum absolute atomic E-state index is 11.8. The highest BCUT2D eigenvalue weighted by molar-refractivity contribution is 6.44. The number of rotatable bonds is 7. The zero-order valence-electron chi connectivity index (χ0n) is 14.0. The molecule has 0 saturated heterocycles. The van der Waals surface area contributed by atoms with Crippen molar-refractivity contribution in [1.29, 1.82) is 0 Å². The fourth-order valence-electron chi connectivity index (χ4n) is 1.98. The summed E-state index contributed by atoms with van der Waals surface area (Å²) in [6.07, 6.45) is 2.83. The molecule has 0 fully saturated rings. The Labute approximate surface area is 161 Å². The van der Waals surface area contributed by atoms with Gasteiger partial charge in [-0.2, -0.15) is 0 Å². The standard InChI is InChI=1S/C19H17Cl2NO4/c1-2-25-14-9-6-13(7-10-14)8-11-18(24)26-12-17(23)22-16-5-3-4-15(20)19(16)21/h3-11H,2,12H2,1H3,(H,22,23)/b11-8+. The molecule has 0 aromatic heterocycles. The number of esters is 1. The first-order valence-corrected chi connectivity index (χ1v) is 8.56.